The van der Waals surface area contributed by atoms with Crippen LogP contribution in [0.4, 0.5) is 0 Å². The zero-order valence-electron chi connectivity index (χ0n) is 13.6. The van der Waals surface area contributed by atoms with Crippen LogP contribution in [0.25, 0.3) is 5.57 Å². The second kappa shape index (κ2) is 8.27. The van der Waals surface area contributed by atoms with Crippen LogP contribution in [0.1, 0.15) is 11.1 Å². The lowest BCUT2D eigenvalue weighted by Crippen LogP contribution is -2.30. The largest absolute Gasteiger partial charge is 0.396 e. The molecule has 4 nitrogen and oxygen atoms in total. The maximum atomic E-state index is 13.0. The summed E-state index contributed by atoms with van der Waals surface area (Å²) in [6, 6.07) is 13.8. The highest BCUT2D eigenvalue weighted by Crippen LogP contribution is 2.37. The van der Waals surface area contributed by atoms with Crippen LogP contribution in [0.3, 0.4) is 0 Å². The molecular weight excluding hydrogens is 393 g/mol. The van der Waals surface area contributed by atoms with Crippen molar-refractivity contribution in [3.63, 3.8) is 0 Å². The monoisotopic (exact) mass is 407 g/mol. The number of aliphatic hydroxyl groups is 1. The summed E-state index contributed by atoms with van der Waals surface area (Å²) in [5.41, 5.74) is 1.78. The molecule has 2 aromatic carbocycles. The number of carbonyl (C=O) groups is 2. The third-order valence-corrected chi connectivity index (χ3v) is 5.41. The van der Waals surface area contributed by atoms with Gasteiger partial charge in [-0.3, -0.25) is 14.5 Å². The van der Waals surface area contributed by atoms with Crippen LogP contribution in [0.5, 0.6) is 0 Å². The first-order valence-corrected chi connectivity index (χ1v) is 9.60. The summed E-state index contributed by atoms with van der Waals surface area (Å²) >= 11 is 13.0. The molecule has 2 amide bonds. The molecule has 2 aromatic rings. The van der Waals surface area contributed by atoms with Crippen LogP contribution in [0.15, 0.2) is 53.4 Å². The topological polar surface area (TPSA) is 57.6 Å². The summed E-state index contributed by atoms with van der Waals surface area (Å²) in [5.74, 6) is -0.374. The standard InChI is InChI=1S/C19H15Cl2NO3S/c20-14-5-1-12(2-6-14)11-22-18(24)16(13-3-7-15(21)8-4-13)17(19(22)25)26-10-9-23/h1-8,23H,9-11H2. The Labute approximate surface area is 165 Å². The molecule has 0 fully saturated rings. The molecule has 3 rings (SSSR count). The highest BCUT2D eigenvalue weighted by Gasteiger charge is 2.38. The van der Waals surface area contributed by atoms with Crippen molar-refractivity contribution in [3.8, 4) is 0 Å². The highest BCUT2D eigenvalue weighted by atomic mass is 35.5. The van der Waals surface area contributed by atoms with Crippen LogP contribution in [-0.2, 0) is 16.1 Å². The zero-order chi connectivity index (χ0) is 18.7. The Morgan fingerprint density at radius 1 is 0.885 bits per heavy atom. The molecule has 0 saturated heterocycles. The van der Waals surface area contributed by atoms with Crippen LogP contribution in [-0.4, -0.2) is 34.2 Å². The molecule has 0 aliphatic carbocycles. The number of halogens is 2. The van der Waals surface area contributed by atoms with E-state index in [1.807, 2.05) is 0 Å². The molecular formula is C19H15Cl2NO3S. The van der Waals surface area contributed by atoms with Gasteiger partial charge in [0.2, 0.25) is 0 Å². The molecule has 1 heterocycles. The second-order valence-electron chi connectivity index (χ2n) is 5.61. The Morgan fingerprint density at radius 3 is 2.04 bits per heavy atom. The first kappa shape index (κ1) is 19.0. The second-order valence-corrected chi connectivity index (χ2v) is 7.58. The molecule has 0 atom stereocenters. The Kier molecular flexibility index (Phi) is 6.04. The van der Waals surface area contributed by atoms with Gasteiger partial charge in [0.25, 0.3) is 11.8 Å². The number of carbonyl (C=O) groups excluding carboxylic acids is 2. The van der Waals surface area contributed by atoms with E-state index in [1.165, 1.54) is 16.7 Å². The third kappa shape index (κ3) is 3.96. The van der Waals surface area contributed by atoms with Gasteiger partial charge in [0.1, 0.15) is 0 Å². The number of amides is 2. The molecule has 0 bridgehead atoms. The average Bonchev–Trinajstić information content (AvgIpc) is 2.87. The Balaban J connectivity index is 1.94. The van der Waals surface area contributed by atoms with E-state index in [4.69, 9.17) is 28.3 Å². The Morgan fingerprint density at radius 2 is 1.46 bits per heavy atom. The summed E-state index contributed by atoms with van der Waals surface area (Å²) in [4.78, 5) is 27.4. The maximum Gasteiger partial charge on any atom is 0.268 e. The van der Waals surface area contributed by atoms with Gasteiger partial charge in [-0.1, -0.05) is 47.5 Å². The van der Waals surface area contributed by atoms with E-state index in [0.29, 0.717) is 31.8 Å². The number of imide groups is 1. The fourth-order valence-electron chi connectivity index (χ4n) is 2.62. The number of hydrogen-bond donors (Lipinski definition) is 1. The van der Waals surface area contributed by atoms with Gasteiger partial charge in [0.15, 0.2) is 0 Å². The van der Waals surface area contributed by atoms with E-state index in [0.717, 1.165) is 5.56 Å². The number of thioether (sulfide) groups is 1. The molecule has 0 unspecified atom stereocenters. The van der Waals surface area contributed by atoms with Crippen molar-refractivity contribution in [2.24, 2.45) is 0 Å². The predicted molar refractivity (Wildman–Crippen MR) is 105 cm³/mol. The number of hydrogen-bond acceptors (Lipinski definition) is 4. The Hall–Kier alpha value is -1.79. The van der Waals surface area contributed by atoms with Gasteiger partial charge < -0.3 is 5.11 Å². The van der Waals surface area contributed by atoms with Crippen molar-refractivity contribution >= 4 is 52.4 Å². The lowest BCUT2D eigenvalue weighted by atomic mass is 10.1. The van der Waals surface area contributed by atoms with Gasteiger partial charge >= 0.3 is 0 Å². The Bertz CT molecular complexity index is 863. The minimum Gasteiger partial charge on any atom is -0.396 e. The van der Waals surface area contributed by atoms with E-state index < -0.39 is 0 Å². The van der Waals surface area contributed by atoms with Gasteiger partial charge in [-0.2, -0.15) is 0 Å². The quantitative estimate of drug-likeness (QED) is 0.735. The van der Waals surface area contributed by atoms with E-state index in [2.05, 4.69) is 0 Å². The molecule has 1 aliphatic heterocycles. The van der Waals surface area contributed by atoms with Crippen LogP contribution < -0.4 is 0 Å². The van der Waals surface area contributed by atoms with Crippen molar-refractivity contribution in [2.75, 3.05) is 12.4 Å². The number of nitrogens with zero attached hydrogens (tertiary/aromatic N) is 1. The van der Waals surface area contributed by atoms with E-state index in [-0.39, 0.29) is 25.0 Å². The summed E-state index contributed by atoms with van der Waals surface area (Å²) in [7, 11) is 0. The van der Waals surface area contributed by atoms with Crippen molar-refractivity contribution < 1.29 is 14.7 Å². The fourth-order valence-corrected chi connectivity index (χ4v) is 3.75. The molecule has 0 radical (unpaired) electrons. The number of benzene rings is 2. The van der Waals surface area contributed by atoms with Crippen LogP contribution in [0, 0.1) is 0 Å². The van der Waals surface area contributed by atoms with Crippen LogP contribution >= 0.6 is 35.0 Å². The van der Waals surface area contributed by atoms with Gasteiger partial charge in [0.05, 0.1) is 23.6 Å². The fraction of sp³-hybridized carbons (Fsp3) is 0.158. The van der Waals surface area contributed by atoms with Crippen molar-refractivity contribution in [1.29, 1.82) is 0 Å². The van der Waals surface area contributed by atoms with Gasteiger partial charge in [-0.15, -0.1) is 11.8 Å². The molecule has 7 heteroatoms. The number of aliphatic hydroxyl groups excluding tert-OH is 1. The summed E-state index contributed by atoms with van der Waals surface area (Å²) in [6.07, 6.45) is 0. The molecule has 1 aliphatic rings. The number of rotatable bonds is 6. The van der Waals surface area contributed by atoms with E-state index in [9.17, 15) is 9.59 Å². The lowest BCUT2D eigenvalue weighted by Gasteiger charge is -2.15. The van der Waals surface area contributed by atoms with E-state index >= 15 is 0 Å². The van der Waals surface area contributed by atoms with Gasteiger partial charge in [0, 0.05) is 15.8 Å². The minimum absolute atomic E-state index is 0.0826. The third-order valence-electron chi connectivity index (χ3n) is 3.85. The maximum absolute atomic E-state index is 13.0. The smallest absolute Gasteiger partial charge is 0.268 e. The van der Waals surface area contributed by atoms with Crippen molar-refractivity contribution in [1.82, 2.24) is 4.90 Å². The summed E-state index contributed by atoms with van der Waals surface area (Å²) in [5, 5.41) is 10.3. The molecule has 0 aromatic heterocycles. The summed E-state index contributed by atoms with van der Waals surface area (Å²) < 4.78 is 0. The first-order valence-electron chi connectivity index (χ1n) is 7.85. The zero-order valence-corrected chi connectivity index (χ0v) is 15.9. The van der Waals surface area contributed by atoms with Crippen molar-refractivity contribution in [3.05, 3.63) is 74.6 Å². The van der Waals surface area contributed by atoms with E-state index in [1.54, 1.807) is 48.5 Å². The van der Waals surface area contributed by atoms with Gasteiger partial charge in [-0.05, 0) is 35.4 Å². The van der Waals surface area contributed by atoms with Crippen molar-refractivity contribution in [2.45, 2.75) is 6.54 Å². The molecule has 134 valence electrons. The van der Waals surface area contributed by atoms with Gasteiger partial charge in [-0.25, -0.2) is 0 Å². The molecule has 0 saturated carbocycles. The molecule has 26 heavy (non-hydrogen) atoms. The summed E-state index contributed by atoms with van der Waals surface area (Å²) in [6.45, 7) is 0.0792. The highest BCUT2D eigenvalue weighted by molar-refractivity contribution is 8.04. The normalized spacial score (nSPS) is 14.5. The predicted octanol–water partition coefficient (Wildman–Crippen LogP) is 4.00. The SMILES string of the molecule is O=C1C(SCCO)=C(c2ccc(Cl)cc2)C(=O)N1Cc1ccc(Cl)cc1. The lowest BCUT2D eigenvalue weighted by molar-refractivity contribution is -0.137. The van der Waals surface area contributed by atoms with Crippen LogP contribution in [0.2, 0.25) is 10.0 Å². The average molecular weight is 408 g/mol. The molecule has 1 N–H and O–H groups in total. The minimum atomic E-state index is -0.354. The first-order chi connectivity index (χ1) is 12.5. The molecule has 0 spiro atoms.